The average Bonchev–Trinajstić information content (AvgIpc) is 2.77. The number of anilines is 1. The molecular formula is C22H24N2O2. The maximum absolute atomic E-state index is 13.6. The van der Waals surface area contributed by atoms with Crippen LogP contribution in [0.25, 0.3) is 0 Å². The molecule has 2 aromatic carbocycles. The van der Waals surface area contributed by atoms with Crippen LogP contribution in [0.1, 0.15) is 45.8 Å². The van der Waals surface area contributed by atoms with E-state index in [1.165, 1.54) is 0 Å². The van der Waals surface area contributed by atoms with Crippen molar-refractivity contribution in [2.24, 2.45) is 5.92 Å². The molecule has 0 spiro atoms. The molecule has 1 atom stereocenters. The fourth-order valence-electron chi connectivity index (χ4n) is 4.29. The number of ketones is 1. The van der Waals surface area contributed by atoms with Crippen molar-refractivity contribution in [2.75, 3.05) is 25.5 Å². The van der Waals surface area contributed by atoms with E-state index >= 15 is 0 Å². The van der Waals surface area contributed by atoms with Gasteiger partial charge in [-0.3, -0.25) is 9.59 Å². The molecule has 134 valence electrons. The van der Waals surface area contributed by atoms with Crippen molar-refractivity contribution < 1.29 is 9.59 Å². The third-order valence-corrected chi connectivity index (χ3v) is 5.78. The molecule has 1 N–H and O–H groups in total. The maximum Gasteiger partial charge on any atom is 0.255 e. The Labute approximate surface area is 154 Å². The normalized spacial score (nSPS) is 20.7. The van der Waals surface area contributed by atoms with E-state index in [0.29, 0.717) is 5.56 Å². The summed E-state index contributed by atoms with van der Waals surface area (Å²) in [5, 5.41) is 3.00. The highest BCUT2D eigenvalue weighted by Gasteiger charge is 2.37. The molecule has 2 aliphatic rings. The number of para-hydroxylation sites is 1. The van der Waals surface area contributed by atoms with Gasteiger partial charge in [0.05, 0.1) is 5.92 Å². The van der Waals surface area contributed by atoms with E-state index in [9.17, 15) is 9.59 Å². The van der Waals surface area contributed by atoms with Crippen LogP contribution >= 0.6 is 0 Å². The van der Waals surface area contributed by atoms with E-state index in [1.54, 1.807) is 0 Å². The summed E-state index contributed by atoms with van der Waals surface area (Å²) in [5.74, 6) is -0.216. The van der Waals surface area contributed by atoms with Crippen LogP contribution in [0.3, 0.4) is 0 Å². The molecule has 0 radical (unpaired) electrons. The Morgan fingerprint density at radius 2 is 1.81 bits per heavy atom. The summed E-state index contributed by atoms with van der Waals surface area (Å²) in [5.41, 5.74) is 4.16. The highest BCUT2D eigenvalue weighted by atomic mass is 16.2. The van der Waals surface area contributed by atoms with Gasteiger partial charge in [-0.25, -0.2) is 0 Å². The molecule has 4 rings (SSSR count). The van der Waals surface area contributed by atoms with Crippen molar-refractivity contribution in [3.63, 3.8) is 0 Å². The number of Topliss-reactive ketones (excluding diaryl/α,β-unsaturated/α-hetero) is 1. The van der Waals surface area contributed by atoms with Crippen molar-refractivity contribution in [2.45, 2.75) is 25.7 Å². The topological polar surface area (TPSA) is 49.4 Å². The van der Waals surface area contributed by atoms with E-state index in [0.717, 1.165) is 48.3 Å². The van der Waals surface area contributed by atoms with Crippen LogP contribution in [0.4, 0.5) is 5.69 Å². The molecule has 2 heterocycles. The quantitative estimate of drug-likeness (QED) is 0.902. The molecule has 1 unspecified atom stereocenters. The van der Waals surface area contributed by atoms with Gasteiger partial charge in [0.2, 0.25) is 0 Å². The fourth-order valence-corrected chi connectivity index (χ4v) is 4.29. The van der Waals surface area contributed by atoms with E-state index in [-0.39, 0.29) is 23.5 Å². The highest BCUT2D eigenvalue weighted by Crippen LogP contribution is 2.40. The number of fused-ring (bicyclic) bond motifs is 2. The van der Waals surface area contributed by atoms with Crippen LogP contribution < -0.4 is 5.32 Å². The summed E-state index contributed by atoms with van der Waals surface area (Å²) < 4.78 is 0. The van der Waals surface area contributed by atoms with Crippen LogP contribution in [-0.2, 0) is 4.79 Å². The van der Waals surface area contributed by atoms with Crippen molar-refractivity contribution in [3.8, 4) is 0 Å². The zero-order valence-corrected chi connectivity index (χ0v) is 15.3. The van der Waals surface area contributed by atoms with Gasteiger partial charge < -0.3 is 10.2 Å². The molecule has 1 fully saturated rings. The summed E-state index contributed by atoms with van der Waals surface area (Å²) in [6.45, 7) is 3.89. The second-order valence-corrected chi connectivity index (χ2v) is 7.49. The van der Waals surface area contributed by atoms with Gasteiger partial charge in [-0.15, -0.1) is 0 Å². The highest BCUT2D eigenvalue weighted by molar-refractivity contribution is 6.10. The molecule has 4 heteroatoms. The van der Waals surface area contributed by atoms with Gasteiger partial charge in [-0.1, -0.05) is 30.3 Å². The molecule has 2 aliphatic heterocycles. The first-order chi connectivity index (χ1) is 12.6. The van der Waals surface area contributed by atoms with Crippen LogP contribution in [0.2, 0.25) is 0 Å². The molecule has 4 nitrogen and oxygen atoms in total. The van der Waals surface area contributed by atoms with Gasteiger partial charge in [0, 0.05) is 17.2 Å². The number of hydrogen-bond acceptors (Lipinski definition) is 3. The number of hydrogen-bond donors (Lipinski definition) is 1. The molecule has 0 aromatic heterocycles. The third kappa shape index (κ3) is 2.84. The molecule has 1 saturated heterocycles. The van der Waals surface area contributed by atoms with Gasteiger partial charge >= 0.3 is 0 Å². The van der Waals surface area contributed by atoms with E-state index in [2.05, 4.69) is 17.3 Å². The predicted octanol–water partition coefficient (Wildman–Crippen LogP) is 3.60. The Kier molecular flexibility index (Phi) is 4.37. The van der Waals surface area contributed by atoms with Gasteiger partial charge in [0.1, 0.15) is 5.78 Å². The van der Waals surface area contributed by atoms with Gasteiger partial charge in [-0.05, 0) is 68.7 Å². The van der Waals surface area contributed by atoms with E-state index in [1.807, 2.05) is 49.4 Å². The SMILES string of the molecule is Cc1cccc2c1C(C(=O)C1CCN(C)CC1)c1ccccc1NC2=O. The minimum atomic E-state index is -0.380. The van der Waals surface area contributed by atoms with Crippen molar-refractivity contribution in [1.82, 2.24) is 4.90 Å². The number of amides is 1. The lowest BCUT2D eigenvalue weighted by Crippen LogP contribution is -2.36. The number of rotatable bonds is 2. The first kappa shape index (κ1) is 17.0. The maximum atomic E-state index is 13.6. The Balaban J connectivity index is 1.86. The minimum absolute atomic E-state index is 0.0462. The average molecular weight is 348 g/mol. The van der Waals surface area contributed by atoms with Crippen LogP contribution in [0.5, 0.6) is 0 Å². The van der Waals surface area contributed by atoms with E-state index in [4.69, 9.17) is 0 Å². The summed E-state index contributed by atoms with van der Waals surface area (Å²) >= 11 is 0. The standard InChI is InChI=1S/C22H24N2O2/c1-14-6-5-8-17-19(14)20(21(25)15-10-12-24(2)13-11-15)16-7-3-4-9-18(16)23-22(17)26/h3-9,15,20H,10-13H2,1-2H3,(H,23,26). The monoisotopic (exact) mass is 348 g/mol. The third-order valence-electron chi connectivity index (χ3n) is 5.78. The van der Waals surface area contributed by atoms with E-state index < -0.39 is 0 Å². The molecule has 0 aliphatic carbocycles. The lowest BCUT2D eigenvalue weighted by molar-refractivity contribution is -0.124. The number of nitrogens with zero attached hydrogens (tertiary/aromatic N) is 1. The zero-order valence-electron chi connectivity index (χ0n) is 15.3. The Hall–Kier alpha value is -2.46. The number of benzene rings is 2. The Morgan fingerprint density at radius 3 is 2.58 bits per heavy atom. The van der Waals surface area contributed by atoms with Crippen molar-refractivity contribution in [1.29, 1.82) is 0 Å². The summed E-state index contributed by atoms with van der Waals surface area (Å²) in [7, 11) is 2.10. The van der Waals surface area contributed by atoms with Gasteiger partial charge in [0.25, 0.3) is 5.91 Å². The van der Waals surface area contributed by atoms with Crippen LogP contribution in [0.15, 0.2) is 42.5 Å². The summed E-state index contributed by atoms with van der Waals surface area (Å²) in [6, 6.07) is 13.4. The number of nitrogens with one attached hydrogen (secondary N) is 1. The number of aryl methyl sites for hydroxylation is 1. The summed E-state index contributed by atoms with van der Waals surface area (Å²) in [4.78, 5) is 28.7. The molecule has 0 saturated carbocycles. The first-order valence-corrected chi connectivity index (χ1v) is 9.28. The summed E-state index contributed by atoms with van der Waals surface area (Å²) in [6.07, 6.45) is 1.77. The lowest BCUT2D eigenvalue weighted by Gasteiger charge is -2.31. The van der Waals surface area contributed by atoms with Crippen LogP contribution in [-0.4, -0.2) is 36.7 Å². The van der Waals surface area contributed by atoms with Gasteiger partial charge in [-0.2, -0.15) is 0 Å². The molecule has 2 aromatic rings. The molecule has 26 heavy (non-hydrogen) atoms. The Bertz CT molecular complexity index is 866. The Morgan fingerprint density at radius 1 is 1.08 bits per heavy atom. The number of carbonyl (C=O) groups excluding carboxylic acids is 2. The first-order valence-electron chi connectivity index (χ1n) is 9.28. The molecule has 0 bridgehead atoms. The van der Waals surface area contributed by atoms with Crippen LogP contribution in [0, 0.1) is 12.8 Å². The fraction of sp³-hybridized carbons (Fsp3) is 0.364. The van der Waals surface area contributed by atoms with Crippen molar-refractivity contribution in [3.05, 3.63) is 64.7 Å². The second kappa shape index (κ2) is 6.69. The zero-order chi connectivity index (χ0) is 18.3. The predicted molar refractivity (Wildman–Crippen MR) is 103 cm³/mol. The number of carbonyl (C=O) groups is 2. The molecular weight excluding hydrogens is 324 g/mol. The number of likely N-dealkylation sites (tertiary alicyclic amines) is 1. The second-order valence-electron chi connectivity index (χ2n) is 7.49. The number of piperidine rings is 1. The smallest absolute Gasteiger partial charge is 0.255 e. The minimum Gasteiger partial charge on any atom is -0.322 e. The molecule has 1 amide bonds. The van der Waals surface area contributed by atoms with Crippen molar-refractivity contribution >= 4 is 17.4 Å². The lowest BCUT2D eigenvalue weighted by atomic mass is 9.76. The largest absolute Gasteiger partial charge is 0.322 e. The van der Waals surface area contributed by atoms with Gasteiger partial charge in [0.15, 0.2) is 0 Å².